The summed E-state index contributed by atoms with van der Waals surface area (Å²) in [7, 11) is 1.81. The Morgan fingerprint density at radius 1 is 0.972 bits per heavy atom. The van der Waals surface area contributed by atoms with Gasteiger partial charge in [-0.2, -0.15) is 5.10 Å². The van der Waals surface area contributed by atoms with Crippen LogP contribution in [-0.4, -0.2) is 31.9 Å². The molecule has 0 unspecified atom stereocenters. The molecular weight excluding hydrogens is 480 g/mol. The largest absolute Gasteiger partial charge is 0.489 e. The van der Waals surface area contributed by atoms with Crippen molar-refractivity contribution in [2.45, 2.75) is 26.9 Å². The van der Waals surface area contributed by atoms with Crippen LogP contribution in [0.2, 0.25) is 5.15 Å². The Morgan fingerprint density at radius 3 is 2.36 bits per heavy atom. The standard InChI is InChI=1S/C28H25ClN2O5/c1-16-11-21(25-17(2)26(29)31(3)30-25)9-10-24(16)36-15-19-6-4-5-18(12-19)13-20-7-8-22(27(32)33)14-23(20)28(34)35/h4-12,14H,13,15H2,1-3H3,(H,32,33)(H,34,35). The van der Waals surface area contributed by atoms with Gasteiger partial charge in [-0.15, -0.1) is 0 Å². The van der Waals surface area contributed by atoms with Crippen molar-refractivity contribution in [1.82, 2.24) is 9.78 Å². The number of rotatable bonds is 8. The molecule has 7 nitrogen and oxygen atoms in total. The minimum absolute atomic E-state index is 0.0169. The van der Waals surface area contributed by atoms with Crippen LogP contribution in [0.25, 0.3) is 11.3 Å². The number of hydrogen-bond acceptors (Lipinski definition) is 4. The molecule has 0 spiro atoms. The summed E-state index contributed by atoms with van der Waals surface area (Å²) < 4.78 is 7.72. The Bertz CT molecular complexity index is 1480. The van der Waals surface area contributed by atoms with E-state index < -0.39 is 11.9 Å². The third-order valence-corrected chi connectivity index (χ3v) is 6.54. The number of ether oxygens (including phenoxy) is 1. The molecule has 0 saturated heterocycles. The first-order valence-electron chi connectivity index (χ1n) is 11.2. The number of aromatic nitrogens is 2. The monoisotopic (exact) mass is 504 g/mol. The topological polar surface area (TPSA) is 102 Å². The van der Waals surface area contributed by atoms with Crippen LogP contribution < -0.4 is 4.74 Å². The Balaban J connectivity index is 1.49. The van der Waals surface area contributed by atoms with E-state index in [9.17, 15) is 14.7 Å². The zero-order valence-electron chi connectivity index (χ0n) is 20.1. The molecule has 1 aromatic heterocycles. The van der Waals surface area contributed by atoms with Crippen LogP contribution in [0.4, 0.5) is 0 Å². The van der Waals surface area contributed by atoms with E-state index >= 15 is 0 Å². The first-order valence-corrected chi connectivity index (χ1v) is 11.6. The minimum Gasteiger partial charge on any atom is -0.489 e. The zero-order chi connectivity index (χ0) is 26.0. The second kappa shape index (κ2) is 10.3. The van der Waals surface area contributed by atoms with Gasteiger partial charge in [0.2, 0.25) is 0 Å². The zero-order valence-corrected chi connectivity index (χ0v) is 20.8. The van der Waals surface area contributed by atoms with Crippen LogP contribution in [0, 0.1) is 13.8 Å². The van der Waals surface area contributed by atoms with Crippen molar-refractivity contribution in [3.05, 3.63) is 105 Å². The summed E-state index contributed by atoms with van der Waals surface area (Å²) in [6.07, 6.45) is 0.356. The molecule has 184 valence electrons. The van der Waals surface area contributed by atoms with E-state index in [4.69, 9.17) is 21.4 Å². The second-order valence-corrected chi connectivity index (χ2v) is 8.99. The number of carbonyl (C=O) groups is 2. The summed E-state index contributed by atoms with van der Waals surface area (Å²) >= 11 is 6.27. The average Bonchev–Trinajstić information content (AvgIpc) is 3.10. The Morgan fingerprint density at radius 2 is 1.72 bits per heavy atom. The van der Waals surface area contributed by atoms with E-state index in [1.54, 1.807) is 10.7 Å². The highest BCUT2D eigenvalue weighted by Crippen LogP contribution is 2.31. The summed E-state index contributed by atoms with van der Waals surface area (Å²) in [5, 5.41) is 23.8. The van der Waals surface area contributed by atoms with Crippen molar-refractivity contribution < 1.29 is 24.5 Å². The molecule has 0 saturated carbocycles. The van der Waals surface area contributed by atoms with Gasteiger partial charge < -0.3 is 14.9 Å². The molecule has 0 aliphatic carbocycles. The molecular formula is C28H25ClN2O5. The molecule has 1 heterocycles. The first-order chi connectivity index (χ1) is 17.1. The number of halogens is 1. The number of carboxylic acid groups (broad SMARTS) is 2. The van der Waals surface area contributed by atoms with E-state index in [0.29, 0.717) is 23.7 Å². The van der Waals surface area contributed by atoms with Crippen molar-refractivity contribution in [2.75, 3.05) is 0 Å². The first kappa shape index (κ1) is 25.0. The normalized spacial score (nSPS) is 10.9. The predicted molar refractivity (Wildman–Crippen MR) is 137 cm³/mol. The lowest BCUT2D eigenvalue weighted by Gasteiger charge is -2.12. The SMILES string of the molecule is Cc1cc(-c2nn(C)c(Cl)c2C)ccc1OCc1cccc(Cc2ccc(C(=O)O)cc2C(=O)O)c1. The second-order valence-electron chi connectivity index (χ2n) is 8.64. The van der Waals surface area contributed by atoms with E-state index in [-0.39, 0.29) is 11.1 Å². The molecule has 8 heteroatoms. The summed E-state index contributed by atoms with van der Waals surface area (Å²) in [5.41, 5.74) is 5.99. The van der Waals surface area contributed by atoms with E-state index in [2.05, 4.69) is 5.10 Å². The van der Waals surface area contributed by atoms with Gasteiger partial charge in [0.05, 0.1) is 16.8 Å². The molecule has 0 atom stereocenters. The fourth-order valence-electron chi connectivity index (χ4n) is 4.12. The molecule has 3 aromatic carbocycles. The molecule has 36 heavy (non-hydrogen) atoms. The van der Waals surface area contributed by atoms with Gasteiger partial charge in [0.25, 0.3) is 0 Å². The third kappa shape index (κ3) is 5.26. The van der Waals surface area contributed by atoms with E-state index in [1.807, 2.05) is 63.4 Å². The molecule has 4 aromatic rings. The van der Waals surface area contributed by atoms with Crippen LogP contribution in [0.3, 0.4) is 0 Å². The fourth-order valence-corrected chi connectivity index (χ4v) is 4.24. The average molecular weight is 505 g/mol. The van der Waals surface area contributed by atoms with Gasteiger partial charge in [0, 0.05) is 18.2 Å². The van der Waals surface area contributed by atoms with Gasteiger partial charge in [-0.05, 0) is 72.9 Å². The lowest BCUT2D eigenvalue weighted by molar-refractivity contribution is 0.0695. The summed E-state index contributed by atoms with van der Waals surface area (Å²) in [5.74, 6) is -1.57. The van der Waals surface area contributed by atoms with Gasteiger partial charge in [-0.25, -0.2) is 9.59 Å². The lowest BCUT2D eigenvalue weighted by Crippen LogP contribution is -2.07. The number of aryl methyl sites for hydroxylation is 2. The molecule has 0 fully saturated rings. The van der Waals surface area contributed by atoms with Crippen molar-refractivity contribution >= 4 is 23.5 Å². The highest BCUT2D eigenvalue weighted by Gasteiger charge is 2.15. The maximum Gasteiger partial charge on any atom is 0.336 e. The number of carboxylic acids is 2. The molecule has 0 bridgehead atoms. The van der Waals surface area contributed by atoms with Crippen LogP contribution in [0.15, 0.2) is 60.7 Å². The highest BCUT2D eigenvalue weighted by molar-refractivity contribution is 6.30. The van der Waals surface area contributed by atoms with Gasteiger partial charge in [0.1, 0.15) is 17.5 Å². The van der Waals surface area contributed by atoms with E-state index in [1.165, 1.54) is 12.1 Å². The number of nitrogens with zero attached hydrogens (tertiary/aromatic N) is 2. The van der Waals surface area contributed by atoms with Crippen molar-refractivity contribution in [2.24, 2.45) is 7.05 Å². The highest BCUT2D eigenvalue weighted by atomic mass is 35.5. The number of hydrogen-bond donors (Lipinski definition) is 2. The Hall–Kier alpha value is -4.10. The molecule has 4 rings (SSSR count). The van der Waals surface area contributed by atoms with Crippen LogP contribution in [0.1, 0.15) is 48.5 Å². The number of benzene rings is 3. The van der Waals surface area contributed by atoms with Gasteiger partial charge >= 0.3 is 11.9 Å². The predicted octanol–water partition coefficient (Wildman–Crippen LogP) is 5.92. The summed E-state index contributed by atoms with van der Waals surface area (Å²) in [4.78, 5) is 22.9. The smallest absolute Gasteiger partial charge is 0.336 e. The van der Waals surface area contributed by atoms with Gasteiger partial charge in [0.15, 0.2) is 0 Å². The molecule has 0 aliphatic rings. The lowest BCUT2D eigenvalue weighted by atomic mass is 9.97. The maximum atomic E-state index is 11.7. The van der Waals surface area contributed by atoms with Crippen LogP contribution in [0.5, 0.6) is 5.75 Å². The summed E-state index contributed by atoms with van der Waals surface area (Å²) in [6, 6.07) is 17.8. The van der Waals surface area contributed by atoms with Crippen molar-refractivity contribution in [1.29, 1.82) is 0 Å². The molecule has 0 radical (unpaired) electrons. The van der Waals surface area contributed by atoms with Crippen molar-refractivity contribution in [3.63, 3.8) is 0 Å². The Labute approximate surface area is 213 Å². The molecule has 0 aliphatic heterocycles. The van der Waals surface area contributed by atoms with Crippen molar-refractivity contribution in [3.8, 4) is 17.0 Å². The number of aromatic carboxylic acids is 2. The van der Waals surface area contributed by atoms with Crippen LogP contribution in [-0.2, 0) is 20.1 Å². The van der Waals surface area contributed by atoms with Crippen LogP contribution >= 0.6 is 11.6 Å². The van der Waals surface area contributed by atoms with E-state index in [0.717, 1.165) is 39.3 Å². The van der Waals surface area contributed by atoms with Gasteiger partial charge in [-0.1, -0.05) is 41.9 Å². The quantitative estimate of drug-likeness (QED) is 0.308. The Kier molecular flexibility index (Phi) is 7.12. The summed E-state index contributed by atoms with van der Waals surface area (Å²) in [6.45, 7) is 4.26. The maximum absolute atomic E-state index is 11.7. The fraction of sp³-hybridized carbons (Fsp3) is 0.179. The van der Waals surface area contributed by atoms with Gasteiger partial charge in [-0.3, -0.25) is 4.68 Å². The molecule has 2 N–H and O–H groups in total. The minimum atomic E-state index is -1.16. The molecule has 0 amide bonds. The third-order valence-electron chi connectivity index (χ3n) is 6.01.